The van der Waals surface area contributed by atoms with Gasteiger partial charge in [0.25, 0.3) is 0 Å². The number of allylic oxidation sites excluding steroid dienone is 1. The van der Waals surface area contributed by atoms with E-state index in [1.165, 1.54) is 19.3 Å². The Balaban J connectivity index is 2.51. The van der Waals surface area contributed by atoms with Crippen molar-refractivity contribution in [2.24, 2.45) is 5.92 Å². The molecule has 3 heteroatoms. The smallest absolute Gasteiger partial charge is 0.349 e. The lowest BCUT2D eigenvalue weighted by molar-refractivity contribution is -0.149. The van der Waals surface area contributed by atoms with E-state index in [0.29, 0.717) is 5.92 Å². The van der Waals surface area contributed by atoms with Gasteiger partial charge in [0.05, 0.1) is 0 Å². The fraction of sp³-hybridized carbons (Fsp3) is 0.769. The van der Waals surface area contributed by atoms with Crippen LogP contribution in [0.1, 0.15) is 52.9 Å². The van der Waals surface area contributed by atoms with Crippen molar-refractivity contribution < 1.29 is 9.53 Å². The Kier molecular flexibility index (Phi) is 4.85. The van der Waals surface area contributed by atoms with Crippen molar-refractivity contribution in [3.05, 3.63) is 11.1 Å². The summed E-state index contributed by atoms with van der Waals surface area (Å²) in [6.45, 7) is 5.53. The minimum atomic E-state index is -0.475. The van der Waals surface area contributed by atoms with E-state index in [9.17, 15) is 4.79 Å². The van der Waals surface area contributed by atoms with Crippen LogP contribution in [0.2, 0.25) is 0 Å². The van der Waals surface area contributed by atoms with Crippen molar-refractivity contribution in [2.45, 2.75) is 58.5 Å². The highest BCUT2D eigenvalue weighted by Crippen LogP contribution is 2.27. The molecule has 0 atom stereocenters. The second-order valence-electron chi connectivity index (χ2n) is 5.41. The van der Waals surface area contributed by atoms with E-state index < -0.39 is 11.6 Å². The number of hydrogen-bond donors (Lipinski definition) is 0. The molecular formula is C13H21ClO2. The molecule has 0 aliphatic heterocycles. The summed E-state index contributed by atoms with van der Waals surface area (Å²) in [5, 5.41) is 0.238. The molecule has 1 rings (SSSR count). The third-order valence-corrected chi connectivity index (χ3v) is 2.91. The van der Waals surface area contributed by atoms with E-state index in [0.717, 1.165) is 12.8 Å². The van der Waals surface area contributed by atoms with Crippen LogP contribution in [0.5, 0.6) is 0 Å². The molecule has 1 aliphatic carbocycles. The first kappa shape index (κ1) is 13.6. The van der Waals surface area contributed by atoms with Crippen molar-refractivity contribution in [1.82, 2.24) is 0 Å². The Morgan fingerprint density at radius 3 is 2.31 bits per heavy atom. The average molecular weight is 245 g/mol. The van der Waals surface area contributed by atoms with Gasteiger partial charge < -0.3 is 4.74 Å². The predicted molar refractivity (Wildman–Crippen MR) is 66.4 cm³/mol. The van der Waals surface area contributed by atoms with Gasteiger partial charge in [-0.05, 0) is 39.5 Å². The Morgan fingerprint density at radius 1 is 1.25 bits per heavy atom. The van der Waals surface area contributed by atoms with Gasteiger partial charge in [-0.1, -0.05) is 36.9 Å². The van der Waals surface area contributed by atoms with Crippen LogP contribution in [0, 0.1) is 5.92 Å². The van der Waals surface area contributed by atoms with Gasteiger partial charge in [0, 0.05) is 0 Å². The van der Waals surface area contributed by atoms with Gasteiger partial charge in [-0.3, -0.25) is 0 Å². The maximum absolute atomic E-state index is 11.6. The molecule has 16 heavy (non-hydrogen) atoms. The largest absolute Gasteiger partial charge is 0.456 e. The van der Waals surface area contributed by atoms with Gasteiger partial charge in [-0.25, -0.2) is 4.79 Å². The average Bonchev–Trinajstić information content (AvgIpc) is 2.16. The number of ether oxygens (including phenoxy) is 1. The molecule has 0 amide bonds. The SMILES string of the molecule is CC(C)(C)OC(=O)C(Cl)=CC1CCCCC1. The molecule has 0 N–H and O–H groups in total. The number of carbonyl (C=O) groups is 1. The second-order valence-corrected chi connectivity index (χ2v) is 5.82. The molecule has 1 aliphatic rings. The van der Waals surface area contributed by atoms with Crippen LogP contribution in [0.15, 0.2) is 11.1 Å². The zero-order valence-electron chi connectivity index (χ0n) is 10.4. The normalized spacial score (nSPS) is 19.6. The maximum atomic E-state index is 11.6. The molecule has 0 bridgehead atoms. The number of rotatable bonds is 2. The third kappa shape index (κ3) is 5.02. The molecule has 1 fully saturated rings. The highest BCUT2D eigenvalue weighted by atomic mass is 35.5. The first-order chi connectivity index (χ1) is 7.38. The number of hydrogen-bond acceptors (Lipinski definition) is 2. The first-order valence-electron chi connectivity index (χ1n) is 5.99. The van der Waals surface area contributed by atoms with E-state index in [1.54, 1.807) is 0 Å². The summed E-state index contributed by atoms with van der Waals surface area (Å²) in [6.07, 6.45) is 7.92. The Bertz CT molecular complexity index is 270. The van der Waals surface area contributed by atoms with E-state index in [-0.39, 0.29) is 5.03 Å². The van der Waals surface area contributed by atoms with Crippen molar-refractivity contribution >= 4 is 17.6 Å². The van der Waals surface area contributed by atoms with Gasteiger partial charge in [-0.2, -0.15) is 0 Å². The Hall–Kier alpha value is -0.500. The zero-order valence-corrected chi connectivity index (χ0v) is 11.1. The fourth-order valence-electron chi connectivity index (χ4n) is 1.90. The molecule has 2 nitrogen and oxygen atoms in total. The predicted octanol–water partition coefficient (Wildman–Crippen LogP) is 4.03. The van der Waals surface area contributed by atoms with Crippen LogP contribution < -0.4 is 0 Å². The van der Waals surface area contributed by atoms with Crippen LogP contribution in [-0.4, -0.2) is 11.6 Å². The summed E-state index contributed by atoms with van der Waals surface area (Å²) in [5.74, 6) is 0.0495. The third-order valence-electron chi connectivity index (χ3n) is 2.63. The van der Waals surface area contributed by atoms with E-state index in [1.807, 2.05) is 26.8 Å². The van der Waals surface area contributed by atoms with Crippen molar-refractivity contribution in [1.29, 1.82) is 0 Å². The lowest BCUT2D eigenvalue weighted by Gasteiger charge is -2.21. The highest BCUT2D eigenvalue weighted by Gasteiger charge is 2.20. The molecule has 0 unspecified atom stereocenters. The number of esters is 1. The van der Waals surface area contributed by atoms with Crippen LogP contribution in [0.25, 0.3) is 0 Å². The topological polar surface area (TPSA) is 26.3 Å². The van der Waals surface area contributed by atoms with E-state index in [4.69, 9.17) is 16.3 Å². The van der Waals surface area contributed by atoms with Crippen LogP contribution in [0.4, 0.5) is 0 Å². The van der Waals surface area contributed by atoms with Gasteiger partial charge in [0.2, 0.25) is 0 Å². The lowest BCUT2D eigenvalue weighted by Crippen LogP contribution is -2.24. The van der Waals surface area contributed by atoms with Gasteiger partial charge >= 0.3 is 5.97 Å². The fourth-order valence-corrected chi connectivity index (χ4v) is 2.12. The van der Waals surface area contributed by atoms with Crippen LogP contribution in [0.3, 0.4) is 0 Å². The van der Waals surface area contributed by atoms with Gasteiger partial charge in [-0.15, -0.1) is 0 Å². The molecule has 0 saturated heterocycles. The molecule has 1 saturated carbocycles. The molecule has 0 spiro atoms. The summed E-state index contributed by atoms with van der Waals surface area (Å²) in [7, 11) is 0. The van der Waals surface area contributed by atoms with Crippen molar-refractivity contribution in [3.63, 3.8) is 0 Å². The summed E-state index contributed by atoms with van der Waals surface area (Å²) >= 11 is 5.96. The molecule has 92 valence electrons. The van der Waals surface area contributed by atoms with Gasteiger partial charge in [0.1, 0.15) is 10.6 Å². The lowest BCUT2D eigenvalue weighted by atomic mass is 9.89. The summed E-state index contributed by atoms with van der Waals surface area (Å²) in [6, 6.07) is 0. The minimum Gasteiger partial charge on any atom is -0.456 e. The summed E-state index contributed by atoms with van der Waals surface area (Å²) < 4.78 is 5.20. The molecule has 0 aromatic rings. The number of halogens is 1. The maximum Gasteiger partial charge on any atom is 0.349 e. The minimum absolute atomic E-state index is 0.238. The van der Waals surface area contributed by atoms with Crippen LogP contribution >= 0.6 is 11.6 Å². The highest BCUT2D eigenvalue weighted by molar-refractivity contribution is 6.41. The molecule has 0 aromatic heterocycles. The second kappa shape index (κ2) is 5.72. The summed E-state index contributed by atoms with van der Waals surface area (Å²) in [5.41, 5.74) is -0.475. The quantitative estimate of drug-likeness (QED) is 0.542. The molecule has 0 aromatic carbocycles. The van der Waals surface area contributed by atoms with Crippen molar-refractivity contribution in [3.8, 4) is 0 Å². The van der Waals surface area contributed by atoms with Crippen molar-refractivity contribution in [2.75, 3.05) is 0 Å². The number of carbonyl (C=O) groups excluding carboxylic acids is 1. The van der Waals surface area contributed by atoms with Gasteiger partial charge in [0.15, 0.2) is 0 Å². The zero-order chi connectivity index (χ0) is 12.2. The molecule has 0 heterocycles. The Labute approximate surface area is 103 Å². The van der Waals surface area contributed by atoms with Crippen LogP contribution in [-0.2, 0) is 9.53 Å². The monoisotopic (exact) mass is 244 g/mol. The first-order valence-corrected chi connectivity index (χ1v) is 6.37. The molecule has 0 radical (unpaired) electrons. The summed E-state index contributed by atoms with van der Waals surface area (Å²) in [4.78, 5) is 11.6. The van der Waals surface area contributed by atoms with E-state index >= 15 is 0 Å². The Morgan fingerprint density at radius 2 is 1.81 bits per heavy atom. The molecular weight excluding hydrogens is 224 g/mol. The standard InChI is InChI=1S/C13H21ClO2/c1-13(2,3)16-12(15)11(14)9-10-7-5-4-6-8-10/h9-10H,4-8H2,1-3H3. The van der Waals surface area contributed by atoms with E-state index in [2.05, 4.69) is 0 Å².